The molecule has 0 heterocycles. The van der Waals surface area contributed by atoms with Gasteiger partial charge in [-0.15, -0.1) is 0 Å². The Kier molecular flexibility index (Phi) is 6.22. The Labute approximate surface area is 135 Å². The van der Waals surface area contributed by atoms with Crippen LogP contribution < -0.4 is 10.2 Å². The molecule has 124 valence electrons. The fourth-order valence-corrected chi connectivity index (χ4v) is 1.87. The van der Waals surface area contributed by atoms with Crippen molar-refractivity contribution in [3.63, 3.8) is 0 Å². The van der Waals surface area contributed by atoms with E-state index < -0.39 is 11.4 Å². The number of carbonyl (C=O) groups is 2. The standard InChI is InChI=1S/C16H21FN4O2/c1-16(2,11-18)21(4)15(23)10-20(3)9-14(22)19-13-7-5-6-12(17)8-13/h5-8H,9-10H2,1-4H3,(H,19,22)/p+1. The zero-order valence-electron chi connectivity index (χ0n) is 13.8. The highest BCUT2D eigenvalue weighted by molar-refractivity contribution is 5.91. The van der Waals surface area contributed by atoms with Gasteiger partial charge in [-0.25, -0.2) is 4.39 Å². The quantitative estimate of drug-likeness (QED) is 0.776. The Hall–Kier alpha value is -2.46. The summed E-state index contributed by atoms with van der Waals surface area (Å²) in [4.78, 5) is 26.1. The minimum Gasteiger partial charge on any atom is -0.323 e. The van der Waals surface area contributed by atoms with E-state index in [0.29, 0.717) is 10.6 Å². The molecule has 6 nitrogen and oxygen atoms in total. The van der Waals surface area contributed by atoms with Crippen molar-refractivity contribution in [3.8, 4) is 6.07 Å². The van der Waals surface area contributed by atoms with Gasteiger partial charge in [0.1, 0.15) is 11.4 Å². The predicted octanol–water partition coefficient (Wildman–Crippen LogP) is 0.0395. The highest BCUT2D eigenvalue weighted by Crippen LogP contribution is 2.10. The third-order valence-electron chi connectivity index (χ3n) is 3.51. The first-order valence-electron chi connectivity index (χ1n) is 7.20. The van der Waals surface area contributed by atoms with E-state index in [2.05, 4.69) is 11.4 Å². The van der Waals surface area contributed by atoms with Gasteiger partial charge in [0.2, 0.25) is 0 Å². The number of nitrogens with one attached hydrogen (secondary N) is 2. The summed E-state index contributed by atoms with van der Waals surface area (Å²) >= 11 is 0. The van der Waals surface area contributed by atoms with Crippen LogP contribution in [-0.2, 0) is 9.59 Å². The van der Waals surface area contributed by atoms with E-state index in [-0.39, 0.29) is 24.9 Å². The molecule has 0 bridgehead atoms. The molecule has 2 N–H and O–H groups in total. The SMILES string of the molecule is CN(C(=O)C[NH+](C)CC(=O)Nc1cccc(F)c1)C(C)(C)C#N. The largest absolute Gasteiger partial charge is 0.323 e. The average Bonchev–Trinajstić information content (AvgIpc) is 2.45. The van der Waals surface area contributed by atoms with E-state index >= 15 is 0 Å². The monoisotopic (exact) mass is 321 g/mol. The Morgan fingerprint density at radius 1 is 1.39 bits per heavy atom. The van der Waals surface area contributed by atoms with Crippen LogP contribution in [0.15, 0.2) is 24.3 Å². The zero-order valence-corrected chi connectivity index (χ0v) is 13.8. The van der Waals surface area contributed by atoms with E-state index in [1.165, 1.54) is 23.1 Å². The lowest BCUT2D eigenvalue weighted by Gasteiger charge is -2.29. The summed E-state index contributed by atoms with van der Waals surface area (Å²) in [6.07, 6.45) is 0. The van der Waals surface area contributed by atoms with Gasteiger partial charge in [0.15, 0.2) is 13.1 Å². The van der Waals surface area contributed by atoms with Crippen LogP contribution in [0.1, 0.15) is 13.8 Å². The van der Waals surface area contributed by atoms with Crippen molar-refractivity contribution in [2.75, 3.05) is 32.5 Å². The van der Waals surface area contributed by atoms with E-state index in [4.69, 9.17) is 5.26 Å². The molecule has 0 aliphatic rings. The molecule has 2 amide bonds. The van der Waals surface area contributed by atoms with Gasteiger partial charge in [-0.3, -0.25) is 9.59 Å². The first-order valence-corrected chi connectivity index (χ1v) is 7.20. The van der Waals surface area contributed by atoms with E-state index in [9.17, 15) is 14.0 Å². The van der Waals surface area contributed by atoms with Crippen LogP contribution >= 0.6 is 0 Å². The van der Waals surface area contributed by atoms with Gasteiger partial charge < -0.3 is 15.1 Å². The first-order chi connectivity index (χ1) is 10.7. The van der Waals surface area contributed by atoms with Crippen molar-refractivity contribution in [1.82, 2.24) is 4.90 Å². The number of quaternary nitrogens is 1. The van der Waals surface area contributed by atoms with E-state index in [1.807, 2.05) is 0 Å². The zero-order chi connectivity index (χ0) is 17.6. The maximum atomic E-state index is 13.1. The number of halogens is 1. The number of nitrogens with zero attached hydrogens (tertiary/aromatic N) is 2. The summed E-state index contributed by atoms with van der Waals surface area (Å²) in [6, 6.07) is 7.66. The summed E-state index contributed by atoms with van der Waals surface area (Å²) in [5.74, 6) is -0.977. The maximum absolute atomic E-state index is 13.1. The lowest BCUT2D eigenvalue weighted by atomic mass is 10.1. The Balaban J connectivity index is 2.53. The number of amides is 2. The van der Waals surface area contributed by atoms with Crippen LogP contribution in [0.5, 0.6) is 0 Å². The number of hydrogen-bond donors (Lipinski definition) is 2. The number of likely N-dealkylation sites (N-methyl/N-ethyl adjacent to an activating group) is 2. The van der Waals surface area contributed by atoms with Crippen LogP contribution in [0, 0.1) is 17.1 Å². The molecule has 0 aromatic heterocycles. The lowest BCUT2D eigenvalue weighted by Crippen LogP contribution is -3.11. The number of benzene rings is 1. The molecular formula is C16H22FN4O2+. The number of nitriles is 1. The topological polar surface area (TPSA) is 77.6 Å². The van der Waals surface area contributed by atoms with Crippen molar-refractivity contribution in [3.05, 3.63) is 30.1 Å². The highest BCUT2D eigenvalue weighted by atomic mass is 19.1. The van der Waals surface area contributed by atoms with Gasteiger partial charge in [0, 0.05) is 12.7 Å². The molecule has 0 fully saturated rings. The summed E-state index contributed by atoms with van der Waals surface area (Å²) in [5, 5.41) is 11.6. The van der Waals surface area contributed by atoms with Crippen LogP contribution in [0.4, 0.5) is 10.1 Å². The third kappa shape index (κ3) is 5.68. The molecule has 1 atom stereocenters. The summed E-state index contributed by atoms with van der Waals surface area (Å²) in [5.41, 5.74) is -0.530. The molecule has 1 aromatic carbocycles. The van der Waals surface area contributed by atoms with Crippen LogP contribution in [0.25, 0.3) is 0 Å². The van der Waals surface area contributed by atoms with Crippen molar-refractivity contribution < 1.29 is 18.9 Å². The second-order valence-corrected chi connectivity index (χ2v) is 5.99. The van der Waals surface area contributed by atoms with Gasteiger partial charge in [-0.2, -0.15) is 5.26 Å². The smallest absolute Gasteiger partial charge is 0.279 e. The molecular weight excluding hydrogens is 299 g/mol. The normalized spacial score (nSPS) is 12.2. The van der Waals surface area contributed by atoms with Gasteiger partial charge >= 0.3 is 0 Å². The van der Waals surface area contributed by atoms with Crippen LogP contribution in [-0.4, -0.2) is 49.4 Å². The minimum atomic E-state index is -0.902. The van der Waals surface area contributed by atoms with Gasteiger partial charge in [0.25, 0.3) is 11.8 Å². The van der Waals surface area contributed by atoms with E-state index in [0.717, 1.165) is 0 Å². The number of carbonyl (C=O) groups excluding carboxylic acids is 2. The fourth-order valence-electron chi connectivity index (χ4n) is 1.87. The van der Waals surface area contributed by atoms with Crippen molar-refractivity contribution in [2.24, 2.45) is 0 Å². The molecule has 0 saturated carbocycles. The van der Waals surface area contributed by atoms with Crippen LogP contribution in [0.3, 0.4) is 0 Å². The molecule has 0 saturated heterocycles. The number of rotatable bonds is 6. The summed E-state index contributed by atoms with van der Waals surface area (Å²) < 4.78 is 13.1. The minimum absolute atomic E-state index is 0.0586. The lowest BCUT2D eigenvalue weighted by molar-refractivity contribution is -0.862. The molecule has 7 heteroatoms. The molecule has 23 heavy (non-hydrogen) atoms. The number of anilines is 1. The van der Waals surface area contributed by atoms with Crippen molar-refractivity contribution >= 4 is 17.5 Å². The molecule has 0 aliphatic carbocycles. The van der Waals surface area contributed by atoms with Gasteiger partial charge in [-0.1, -0.05) is 6.07 Å². The Bertz CT molecular complexity index is 625. The Morgan fingerprint density at radius 2 is 2.04 bits per heavy atom. The fraction of sp³-hybridized carbons (Fsp3) is 0.438. The second-order valence-electron chi connectivity index (χ2n) is 5.99. The Morgan fingerprint density at radius 3 is 2.61 bits per heavy atom. The maximum Gasteiger partial charge on any atom is 0.279 e. The van der Waals surface area contributed by atoms with Crippen LogP contribution in [0.2, 0.25) is 0 Å². The average molecular weight is 321 g/mol. The first kappa shape index (κ1) is 18.6. The third-order valence-corrected chi connectivity index (χ3v) is 3.51. The molecule has 1 rings (SSSR count). The predicted molar refractivity (Wildman–Crippen MR) is 84.1 cm³/mol. The van der Waals surface area contributed by atoms with E-state index in [1.54, 1.807) is 34.0 Å². The summed E-state index contributed by atoms with van der Waals surface area (Å²) in [6.45, 7) is 3.44. The molecule has 1 unspecified atom stereocenters. The molecule has 0 spiro atoms. The number of hydrogen-bond acceptors (Lipinski definition) is 3. The van der Waals surface area contributed by atoms with Crippen molar-refractivity contribution in [2.45, 2.75) is 19.4 Å². The summed E-state index contributed by atoms with van der Waals surface area (Å²) in [7, 11) is 3.27. The second kappa shape index (κ2) is 7.70. The molecule has 0 aliphatic heterocycles. The van der Waals surface area contributed by atoms with Crippen molar-refractivity contribution in [1.29, 1.82) is 5.26 Å². The molecule has 0 radical (unpaired) electrons. The molecule has 1 aromatic rings. The highest BCUT2D eigenvalue weighted by Gasteiger charge is 2.29. The van der Waals surface area contributed by atoms with Gasteiger partial charge in [-0.05, 0) is 32.0 Å². The van der Waals surface area contributed by atoms with Gasteiger partial charge in [0.05, 0.1) is 13.1 Å².